The van der Waals surface area contributed by atoms with Gasteiger partial charge in [0.2, 0.25) is 0 Å². The second kappa shape index (κ2) is 15.5. The van der Waals surface area contributed by atoms with Crippen molar-refractivity contribution < 1.29 is 19.1 Å². The van der Waals surface area contributed by atoms with Crippen LogP contribution in [0, 0.1) is 0 Å². The van der Waals surface area contributed by atoms with Crippen LogP contribution in [-0.2, 0) is 9.59 Å². The van der Waals surface area contributed by atoms with E-state index in [-0.39, 0.29) is 11.6 Å². The normalized spacial score (nSPS) is 14.2. The van der Waals surface area contributed by atoms with Crippen LogP contribution in [0.4, 0.5) is 0 Å². The molecular formula is C54H38O4. The Morgan fingerprint density at radius 1 is 0.276 bits per heavy atom. The third-order valence-electron chi connectivity index (χ3n) is 10.8. The summed E-state index contributed by atoms with van der Waals surface area (Å²) in [4.78, 5) is 30.1. The smallest absolute Gasteiger partial charge is 0.195 e. The van der Waals surface area contributed by atoms with Crippen molar-refractivity contribution in [2.45, 2.75) is 0 Å². The number of carbonyl (C=O) groups is 2. The molecule has 0 amide bonds. The van der Waals surface area contributed by atoms with Crippen LogP contribution in [0.1, 0.15) is 44.5 Å². The predicted molar refractivity (Wildman–Crippen MR) is 235 cm³/mol. The number of hydrogen-bond donors (Lipinski definition) is 0. The van der Waals surface area contributed by atoms with E-state index < -0.39 is 0 Å². The average Bonchev–Trinajstić information content (AvgIpc) is 3.78. The van der Waals surface area contributed by atoms with Gasteiger partial charge in [-0.05, 0) is 45.5 Å². The molecule has 0 saturated carbocycles. The Labute approximate surface area is 338 Å². The van der Waals surface area contributed by atoms with Gasteiger partial charge < -0.3 is 9.47 Å². The van der Waals surface area contributed by atoms with Crippen LogP contribution in [0.3, 0.4) is 0 Å². The Morgan fingerprint density at radius 3 is 0.707 bits per heavy atom. The maximum absolute atomic E-state index is 15.1. The lowest BCUT2D eigenvalue weighted by Gasteiger charge is -2.21. The van der Waals surface area contributed by atoms with Gasteiger partial charge in [0.1, 0.15) is 11.5 Å². The fourth-order valence-electron chi connectivity index (χ4n) is 8.34. The molecule has 0 spiro atoms. The molecule has 9 rings (SSSR count). The highest BCUT2D eigenvalue weighted by Crippen LogP contribution is 2.56. The summed E-state index contributed by atoms with van der Waals surface area (Å²) >= 11 is 0. The number of Topliss-reactive ketones (excluding diaryl/α,β-unsaturated/α-hetero) is 2. The lowest BCUT2D eigenvalue weighted by Crippen LogP contribution is -2.03. The van der Waals surface area contributed by atoms with Gasteiger partial charge in [-0.15, -0.1) is 0 Å². The van der Waals surface area contributed by atoms with E-state index in [2.05, 4.69) is 0 Å². The van der Waals surface area contributed by atoms with E-state index in [9.17, 15) is 0 Å². The number of methoxy groups -OCH3 is 2. The van der Waals surface area contributed by atoms with Crippen LogP contribution in [0.25, 0.3) is 44.6 Å². The van der Waals surface area contributed by atoms with Crippen molar-refractivity contribution in [2.24, 2.45) is 0 Å². The van der Waals surface area contributed by atoms with Gasteiger partial charge in [-0.2, -0.15) is 0 Å². The zero-order valence-corrected chi connectivity index (χ0v) is 32.1. The molecule has 4 nitrogen and oxygen atoms in total. The van der Waals surface area contributed by atoms with Crippen molar-refractivity contribution in [3.05, 3.63) is 239 Å². The van der Waals surface area contributed by atoms with E-state index in [4.69, 9.17) is 9.47 Å². The maximum atomic E-state index is 15.1. The summed E-state index contributed by atoms with van der Waals surface area (Å²) in [7, 11) is 3.29. The molecule has 0 aliphatic heterocycles. The highest BCUT2D eigenvalue weighted by atomic mass is 16.5. The van der Waals surface area contributed by atoms with Gasteiger partial charge in [-0.1, -0.05) is 182 Å². The molecule has 0 aromatic heterocycles. The molecule has 0 unspecified atom stereocenters. The lowest BCUT2D eigenvalue weighted by atomic mass is 9.85. The van der Waals surface area contributed by atoms with Crippen LogP contribution in [-0.4, -0.2) is 25.8 Å². The zero-order chi connectivity index (χ0) is 39.6. The first kappa shape index (κ1) is 36.1. The molecule has 0 heterocycles. The zero-order valence-electron chi connectivity index (χ0n) is 32.1. The highest BCUT2D eigenvalue weighted by Gasteiger charge is 2.40. The monoisotopic (exact) mass is 750 g/mol. The molecule has 2 aliphatic carbocycles. The molecule has 7 aromatic rings. The largest absolute Gasteiger partial charge is 0.496 e. The number of ether oxygens (including phenoxy) is 2. The molecule has 4 heteroatoms. The van der Waals surface area contributed by atoms with E-state index in [0.717, 1.165) is 55.7 Å². The van der Waals surface area contributed by atoms with Gasteiger partial charge in [-0.3, -0.25) is 9.59 Å². The fraction of sp³-hybridized carbons (Fsp3) is 0.0370. The lowest BCUT2D eigenvalue weighted by molar-refractivity contribution is -0.109. The van der Waals surface area contributed by atoms with E-state index in [1.165, 1.54) is 0 Å². The fourth-order valence-corrected chi connectivity index (χ4v) is 8.34. The molecule has 7 aromatic carbocycles. The number of rotatable bonds is 10. The Bertz CT molecular complexity index is 2620. The molecule has 0 atom stereocenters. The maximum Gasteiger partial charge on any atom is 0.195 e. The quantitative estimate of drug-likeness (QED) is 0.140. The summed E-state index contributed by atoms with van der Waals surface area (Å²) in [6.07, 6.45) is 0. The Morgan fingerprint density at radius 2 is 0.483 bits per heavy atom. The van der Waals surface area contributed by atoms with E-state index in [1.807, 2.05) is 194 Å². The van der Waals surface area contributed by atoms with Crippen molar-refractivity contribution in [3.8, 4) is 11.5 Å². The van der Waals surface area contributed by atoms with Crippen molar-refractivity contribution in [1.82, 2.24) is 0 Å². The Hall–Kier alpha value is -7.56. The summed E-state index contributed by atoms with van der Waals surface area (Å²) in [5, 5.41) is 0. The van der Waals surface area contributed by atoms with Crippen LogP contribution in [0.15, 0.2) is 194 Å². The van der Waals surface area contributed by atoms with Crippen molar-refractivity contribution >= 4 is 56.2 Å². The van der Waals surface area contributed by atoms with Gasteiger partial charge in [0, 0.05) is 55.7 Å². The standard InChI is InChI=1S/C54H38O4/c1-57-43-33-42(52-46(36-23-11-4-12-24-36)48(38-27-15-6-16-28-38)54(56)50(52)40-31-19-8-20-32-40)44(58-2)34-41(43)51-45(35-21-9-3-10-22-35)47(37-25-13-5-14-26-37)53(55)49(51)39-29-17-7-18-30-39/h3-34H,1-2H3. The first-order valence-corrected chi connectivity index (χ1v) is 19.3. The minimum Gasteiger partial charge on any atom is -0.496 e. The summed E-state index contributed by atoms with van der Waals surface area (Å²) < 4.78 is 12.8. The second-order valence-corrected chi connectivity index (χ2v) is 14.1. The second-order valence-electron chi connectivity index (χ2n) is 14.1. The molecular weight excluding hydrogens is 713 g/mol. The molecule has 0 N–H and O–H groups in total. The molecule has 0 bridgehead atoms. The van der Waals surface area contributed by atoms with E-state index in [1.54, 1.807) is 14.2 Å². The summed E-state index contributed by atoms with van der Waals surface area (Å²) in [6, 6.07) is 63.3. The average molecular weight is 751 g/mol. The minimum atomic E-state index is -0.0754. The first-order chi connectivity index (χ1) is 28.6. The molecule has 278 valence electrons. The van der Waals surface area contributed by atoms with Crippen molar-refractivity contribution in [3.63, 3.8) is 0 Å². The van der Waals surface area contributed by atoms with Crippen molar-refractivity contribution in [1.29, 1.82) is 0 Å². The van der Waals surface area contributed by atoms with E-state index in [0.29, 0.717) is 44.9 Å². The number of hydrogen-bond acceptors (Lipinski definition) is 4. The third kappa shape index (κ3) is 6.22. The molecule has 2 aliphatic rings. The molecule has 0 radical (unpaired) electrons. The summed E-state index contributed by atoms with van der Waals surface area (Å²) in [5.41, 5.74) is 11.9. The first-order valence-electron chi connectivity index (χ1n) is 19.3. The number of allylic oxidation sites excluding steroid dienone is 8. The van der Waals surface area contributed by atoms with Crippen LogP contribution in [0.2, 0.25) is 0 Å². The molecule has 0 saturated heterocycles. The Kier molecular flexibility index (Phi) is 9.66. The van der Waals surface area contributed by atoms with Crippen LogP contribution < -0.4 is 9.47 Å². The molecule has 58 heavy (non-hydrogen) atoms. The number of ketones is 2. The van der Waals surface area contributed by atoms with Crippen LogP contribution >= 0.6 is 0 Å². The predicted octanol–water partition coefficient (Wildman–Crippen LogP) is 11.9. The highest BCUT2D eigenvalue weighted by molar-refractivity contribution is 6.60. The van der Waals surface area contributed by atoms with Crippen LogP contribution in [0.5, 0.6) is 11.5 Å². The van der Waals surface area contributed by atoms with Gasteiger partial charge in [0.15, 0.2) is 11.6 Å². The van der Waals surface area contributed by atoms with E-state index >= 15 is 9.59 Å². The van der Waals surface area contributed by atoms with Gasteiger partial charge in [0.05, 0.1) is 14.2 Å². The Balaban J connectivity index is 1.38. The molecule has 0 fully saturated rings. The minimum absolute atomic E-state index is 0.0754. The SMILES string of the molecule is COc1cc(C2=C(c3ccccc3)C(=O)C(c3ccccc3)=C2c2ccccc2)c(OC)cc1C1=C(c2ccccc2)C(=O)C(c2ccccc2)=C1c1ccccc1. The third-order valence-corrected chi connectivity index (χ3v) is 10.8. The van der Waals surface area contributed by atoms with Gasteiger partial charge in [-0.25, -0.2) is 0 Å². The number of benzene rings is 7. The van der Waals surface area contributed by atoms with Crippen molar-refractivity contribution in [2.75, 3.05) is 14.2 Å². The summed E-state index contributed by atoms with van der Waals surface area (Å²) in [6.45, 7) is 0. The van der Waals surface area contributed by atoms with Gasteiger partial charge >= 0.3 is 0 Å². The van der Waals surface area contributed by atoms with Gasteiger partial charge in [0.25, 0.3) is 0 Å². The topological polar surface area (TPSA) is 52.6 Å². The number of carbonyl (C=O) groups excluding carboxylic acids is 2. The summed E-state index contributed by atoms with van der Waals surface area (Å²) in [5.74, 6) is 0.910.